The van der Waals surface area contributed by atoms with Crippen LogP contribution in [0.2, 0.25) is 5.02 Å². The van der Waals surface area contributed by atoms with E-state index in [2.05, 4.69) is 10.6 Å². The van der Waals surface area contributed by atoms with Crippen LogP contribution < -0.4 is 10.6 Å². The first-order chi connectivity index (χ1) is 10.1. The highest BCUT2D eigenvalue weighted by atomic mass is 35.5. The molecule has 0 saturated carbocycles. The van der Waals surface area contributed by atoms with Gasteiger partial charge in [0.1, 0.15) is 6.04 Å². The molecular formula is C14H18ClN3O3. The summed E-state index contributed by atoms with van der Waals surface area (Å²) in [5.41, 5.74) is 0.494. The summed E-state index contributed by atoms with van der Waals surface area (Å²) in [6, 6.07) is 6.06. The van der Waals surface area contributed by atoms with Gasteiger partial charge < -0.3 is 15.7 Å². The van der Waals surface area contributed by atoms with Gasteiger partial charge in [-0.1, -0.05) is 23.7 Å². The highest BCUT2D eigenvalue weighted by Crippen LogP contribution is 2.21. The number of rotatable bonds is 5. The molecule has 1 fully saturated rings. The van der Waals surface area contributed by atoms with Crippen LogP contribution in [-0.2, 0) is 9.59 Å². The molecule has 0 aliphatic carbocycles. The number of hydrogen-bond acceptors (Lipinski definition) is 4. The molecule has 2 rings (SSSR count). The largest absolute Gasteiger partial charge is 0.480 e. The third-order valence-corrected chi connectivity index (χ3v) is 3.73. The normalized spacial score (nSPS) is 17.2. The predicted molar refractivity (Wildman–Crippen MR) is 80.6 cm³/mol. The summed E-state index contributed by atoms with van der Waals surface area (Å²) in [6.07, 6.45) is -0.0967. The molecular weight excluding hydrogens is 294 g/mol. The van der Waals surface area contributed by atoms with Gasteiger partial charge in [0.25, 0.3) is 0 Å². The van der Waals surface area contributed by atoms with Crippen LogP contribution in [0.3, 0.4) is 0 Å². The van der Waals surface area contributed by atoms with Gasteiger partial charge in [-0.3, -0.25) is 14.5 Å². The average molecular weight is 312 g/mol. The van der Waals surface area contributed by atoms with Gasteiger partial charge in [0.15, 0.2) is 0 Å². The van der Waals surface area contributed by atoms with Crippen molar-refractivity contribution in [2.45, 2.75) is 12.5 Å². The lowest BCUT2D eigenvalue weighted by Crippen LogP contribution is -2.52. The highest BCUT2D eigenvalue weighted by Gasteiger charge is 2.29. The first-order valence-electron chi connectivity index (χ1n) is 6.80. The zero-order valence-electron chi connectivity index (χ0n) is 11.5. The SMILES string of the molecule is O=C(C[C@@H](C(=O)O)N1CCNCC1)Nc1ccccc1Cl. The Balaban J connectivity index is 1.98. The molecule has 1 heterocycles. The van der Waals surface area contributed by atoms with Crippen molar-refractivity contribution < 1.29 is 14.7 Å². The number of hydrogen-bond donors (Lipinski definition) is 3. The van der Waals surface area contributed by atoms with Crippen molar-refractivity contribution in [3.63, 3.8) is 0 Å². The van der Waals surface area contributed by atoms with E-state index in [0.29, 0.717) is 23.8 Å². The van der Waals surface area contributed by atoms with Gasteiger partial charge in [-0.2, -0.15) is 0 Å². The first-order valence-corrected chi connectivity index (χ1v) is 7.17. The molecule has 1 aliphatic heterocycles. The Labute approximate surface area is 128 Å². The van der Waals surface area contributed by atoms with E-state index in [-0.39, 0.29) is 12.3 Å². The van der Waals surface area contributed by atoms with Crippen molar-refractivity contribution in [1.29, 1.82) is 0 Å². The van der Waals surface area contributed by atoms with Gasteiger partial charge in [0, 0.05) is 26.2 Å². The van der Waals surface area contributed by atoms with Gasteiger partial charge in [-0.05, 0) is 12.1 Å². The Morgan fingerprint density at radius 2 is 2.00 bits per heavy atom. The number of para-hydroxylation sites is 1. The highest BCUT2D eigenvalue weighted by molar-refractivity contribution is 6.33. The number of halogens is 1. The predicted octanol–water partition coefficient (Wildman–Crippen LogP) is 1.03. The van der Waals surface area contributed by atoms with E-state index in [0.717, 1.165) is 13.1 Å². The van der Waals surface area contributed by atoms with Crippen LogP contribution in [0.25, 0.3) is 0 Å². The Hall–Kier alpha value is -1.63. The van der Waals surface area contributed by atoms with E-state index in [9.17, 15) is 14.7 Å². The Kier molecular flexibility index (Phi) is 5.55. The molecule has 0 aromatic heterocycles. The lowest BCUT2D eigenvalue weighted by Gasteiger charge is -2.32. The molecule has 0 bridgehead atoms. The van der Waals surface area contributed by atoms with Crippen molar-refractivity contribution in [3.05, 3.63) is 29.3 Å². The standard InChI is InChI=1S/C14H18ClN3O3/c15-10-3-1-2-4-11(10)17-13(19)9-12(14(20)21)18-7-5-16-6-8-18/h1-4,12,16H,5-9H2,(H,17,19)(H,20,21)/t12-/m0/s1. The third kappa shape index (κ3) is 4.42. The number of aliphatic carboxylic acids is 1. The Morgan fingerprint density at radius 3 is 2.62 bits per heavy atom. The molecule has 1 aromatic rings. The topological polar surface area (TPSA) is 81.7 Å². The van der Waals surface area contributed by atoms with Crippen LogP contribution in [0.1, 0.15) is 6.42 Å². The quantitative estimate of drug-likeness (QED) is 0.756. The van der Waals surface area contributed by atoms with E-state index < -0.39 is 12.0 Å². The number of nitrogens with zero attached hydrogens (tertiary/aromatic N) is 1. The average Bonchev–Trinajstić information content (AvgIpc) is 2.48. The monoisotopic (exact) mass is 311 g/mol. The minimum Gasteiger partial charge on any atom is -0.480 e. The maximum atomic E-state index is 12.0. The fourth-order valence-electron chi connectivity index (χ4n) is 2.31. The van der Waals surface area contributed by atoms with Gasteiger partial charge in [-0.15, -0.1) is 0 Å². The van der Waals surface area contributed by atoms with E-state index in [1.165, 1.54) is 0 Å². The summed E-state index contributed by atoms with van der Waals surface area (Å²) in [5.74, 6) is -1.33. The number of carboxylic acids is 1. The van der Waals surface area contributed by atoms with Gasteiger partial charge in [-0.25, -0.2) is 0 Å². The Bertz CT molecular complexity index is 518. The molecule has 0 unspecified atom stereocenters. The maximum absolute atomic E-state index is 12.0. The van der Waals surface area contributed by atoms with Crippen LogP contribution in [-0.4, -0.2) is 54.1 Å². The summed E-state index contributed by atoms with van der Waals surface area (Å²) < 4.78 is 0. The van der Waals surface area contributed by atoms with Crippen molar-refractivity contribution in [3.8, 4) is 0 Å². The van der Waals surface area contributed by atoms with Crippen LogP contribution in [0, 0.1) is 0 Å². The Morgan fingerprint density at radius 1 is 1.33 bits per heavy atom. The molecule has 1 amide bonds. The minimum atomic E-state index is -0.980. The summed E-state index contributed by atoms with van der Waals surface area (Å²) in [4.78, 5) is 25.2. The number of anilines is 1. The van der Waals surface area contributed by atoms with E-state index in [1.807, 2.05) is 4.90 Å². The number of carbonyl (C=O) groups excluding carboxylic acids is 1. The number of benzene rings is 1. The fourth-order valence-corrected chi connectivity index (χ4v) is 2.49. The van der Waals surface area contributed by atoms with Crippen LogP contribution in [0.4, 0.5) is 5.69 Å². The van der Waals surface area contributed by atoms with Crippen LogP contribution >= 0.6 is 11.6 Å². The molecule has 1 aromatic carbocycles. The molecule has 3 N–H and O–H groups in total. The van der Waals surface area contributed by atoms with E-state index >= 15 is 0 Å². The summed E-state index contributed by atoms with van der Waals surface area (Å²) in [5, 5.41) is 15.6. The molecule has 21 heavy (non-hydrogen) atoms. The van der Waals surface area contributed by atoms with Crippen molar-refractivity contribution in [1.82, 2.24) is 10.2 Å². The summed E-state index contributed by atoms with van der Waals surface area (Å²) in [7, 11) is 0. The van der Waals surface area contributed by atoms with Crippen LogP contribution in [0.15, 0.2) is 24.3 Å². The van der Waals surface area contributed by atoms with E-state index in [4.69, 9.17) is 11.6 Å². The molecule has 1 atom stereocenters. The van der Waals surface area contributed by atoms with Crippen molar-refractivity contribution in [2.24, 2.45) is 0 Å². The maximum Gasteiger partial charge on any atom is 0.321 e. The lowest BCUT2D eigenvalue weighted by molar-refractivity contribution is -0.145. The molecule has 6 nitrogen and oxygen atoms in total. The molecule has 114 valence electrons. The van der Waals surface area contributed by atoms with E-state index in [1.54, 1.807) is 24.3 Å². The molecule has 1 saturated heterocycles. The van der Waals surface area contributed by atoms with Crippen LogP contribution in [0.5, 0.6) is 0 Å². The van der Waals surface area contributed by atoms with Gasteiger partial charge in [0.05, 0.1) is 17.1 Å². The van der Waals surface area contributed by atoms with Gasteiger partial charge in [0.2, 0.25) is 5.91 Å². The second-order valence-corrected chi connectivity index (χ2v) is 5.28. The van der Waals surface area contributed by atoms with Crippen molar-refractivity contribution in [2.75, 3.05) is 31.5 Å². The number of carbonyl (C=O) groups is 2. The third-order valence-electron chi connectivity index (χ3n) is 3.40. The molecule has 1 aliphatic rings. The van der Waals surface area contributed by atoms with Gasteiger partial charge >= 0.3 is 5.97 Å². The smallest absolute Gasteiger partial charge is 0.321 e. The summed E-state index contributed by atoms with van der Waals surface area (Å²) in [6.45, 7) is 2.71. The van der Waals surface area contributed by atoms with Crippen molar-refractivity contribution >= 4 is 29.2 Å². The number of carboxylic acid groups (broad SMARTS) is 1. The number of amides is 1. The molecule has 0 radical (unpaired) electrons. The second-order valence-electron chi connectivity index (χ2n) is 4.87. The zero-order chi connectivity index (χ0) is 15.2. The number of nitrogens with one attached hydrogen (secondary N) is 2. The molecule has 0 spiro atoms. The molecule has 7 heteroatoms. The number of piperazine rings is 1. The zero-order valence-corrected chi connectivity index (χ0v) is 12.3. The lowest BCUT2D eigenvalue weighted by atomic mass is 10.1. The summed E-state index contributed by atoms with van der Waals surface area (Å²) >= 11 is 5.97. The first kappa shape index (κ1) is 15.8. The fraction of sp³-hybridized carbons (Fsp3) is 0.429. The minimum absolute atomic E-state index is 0.0967. The second kappa shape index (κ2) is 7.40.